The van der Waals surface area contributed by atoms with Crippen LogP contribution in [0.15, 0.2) is 79.0 Å². The zero-order valence-corrected chi connectivity index (χ0v) is 16.4. The van der Waals surface area contributed by atoms with E-state index in [1.54, 1.807) is 18.3 Å². The van der Waals surface area contributed by atoms with Crippen LogP contribution in [0.2, 0.25) is 0 Å². The van der Waals surface area contributed by atoms with Crippen LogP contribution in [0.3, 0.4) is 0 Å². The van der Waals surface area contributed by atoms with E-state index in [0.717, 1.165) is 35.2 Å². The molecule has 1 unspecified atom stereocenters. The van der Waals surface area contributed by atoms with Gasteiger partial charge in [-0.1, -0.05) is 60.7 Å². The number of aromatic hydroxyl groups is 1. The fourth-order valence-electron chi connectivity index (χ4n) is 3.86. The summed E-state index contributed by atoms with van der Waals surface area (Å²) in [5.74, 6) is -0.0575. The van der Waals surface area contributed by atoms with Crippen LogP contribution >= 0.6 is 0 Å². The number of H-pyrrole nitrogens is 1. The number of aromatic nitrogens is 3. The minimum absolute atomic E-state index is 0.0333. The molecule has 5 N–H and O–H groups in total. The number of rotatable bonds is 7. The number of nitrogens with two attached hydrogens (primary N) is 1. The lowest BCUT2D eigenvalue weighted by Gasteiger charge is -2.22. The zero-order chi connectivity index (χ0) is 20.9. The molecule has 0 amide bonds. The van der Waals surface area contributed by atoms with E-state index in [0.29, 0.717) is 5.56 Å². The van der Waals surface area contributed by atoms with E-state index in [1.807, 2.05) is 36.4 Å². The molecule has 0 spiro atoms. The summed E-state index contributed by atoms with van der Waals surface area (Å²) >= 11 is 0. The van der Waals surface area contributed by atoms with E-state index in [9.17, 15) is 5.11 Å². The van der Waals surface area contributed by atoms with Crippen LogP contribution in [0, 0.1) is 5.41 Å². The van der Waals surface area contributed by atoms with Crippen LogP contribution in [-0.4, -0.2) is 26.4 Å². The highest BCUT2D eigenvalue weighted by Crippen LogP contribution is 2.32. The van der Waals surface area contributed by atoms with Crippen molar-refractivity contribution in [3.63, 3.8) is 0 Å². The molecule has 0 saturated carbocycles. The number of phenols is 1. The van der Waals surface area contributed by atoms with Gasteiger partial charge >= 0.3 is 0 Å². The average Bonchev–Trinajstić information content (AvgIpc) is 3.29. The van der Waals surface area contributed by atoms with Crippen molar-refractivity contribution in [3.8, 4) is 17.0 Å². The van der Waals surface area contributed by atoms with Gasteiger partial charge in [-0.15, -0.1) is 0 Å². The third-order valence-electron chi connectivity index (χ3n) is 5.23. The van der Waals surface area contributed by atoms with Crippen molar-refractivity contribution in [2.24, 2.45) is 5.73 Å². The topological polar surface area (TPSA) is 112 Å². The second kappa shape index (κ2) is 8.61. The first-order valence-corrected chi connectivity index (χ1v) is 9.77. The van der Waals surface area contributed by atoms with Gasteiger partial charge in [0.15, 0.2) is 0 Å². The largest absolute Gasteiger partial charge is 0.507 e. The molecule has 1 aromatic heterocycles. The lowest BCUT2D eigenvalue weighted by molar-refractivity contribution is 0.472. The Morgan fingerprint density at radius 3 is 2.43 bits per heavy atom. The van der Waals surface area contributed by atoms with Gasteiger partial charge < -0.3 is 10.8 Å². The van der Waals surface area contributed by atoms with Gasteiger partial charge in [-0.2, -0.15) is 15.4 Å². The van der Waals surface area contributed by atoms with E-state index in [1.165, 1.54) is 5.56 Å². The second-order valence-electron chi connectivity index (χ2n) is 7.30. The fraction of sp³-hybridized carbons (Fsp3) is 0.125. The van der Waals surface area contributed by atoms with Crippen LogP contribution in [0.5, 0.6) is 5.75 Å². The van der Waals surface area contributed by atoms with Crippen LogP contribution in [0.1, 0.15) is 28.2 Å². The van der Waals surface area contributed by atoms with Crippen LogP contribution in [0.4, 0.5) is 0 Å². The standard InChI is InChI=1S/C24H23N5O/c25-24(26)23-20(10-5-11-22(23)30)19(12-16-6-2-1-3-7-16)14-17-8-4-9-18(13-17)21-15-27-29-28-21/h1-11,13,15,19,30H,12,14H2,(H3,25,26)(H,27,28,29). The highest BCUT2D eigenvalue weighted by molar-refractivity contribution is 5.99. The Morgan fingerprint density at radius 2 is 1.70 bits per heavy atom. The average molecular weight is 397 g/mol. The SMILES string of the molecule is N=C(N)c1c(O)cccc1C(Cc1ccccc1)Cc1cccc(-c2cn[nH]n2)c1. The minimum atomic E-state index is -0.127. The molecular weight excluding hydrogens is 374 g/mol. The third-order valence-corrected chi connectivity index (χ3v) is 5.23. The van der Waals surface area contributed by atoms with Crippen LogP contribution in [-0.2, 0) is 12.8 Å². The molecule has 4 rings (SSSR count). The Bertz CT molecular complexity index is 1140. The van der Waals surface area contributed by atoms with Gasteiger partial charge in [0.2, 0.25) is 0 Å². The molecule has 1 atom stereocenters. The van der Waals surface area contributed by atoms with Gasteiger partial charge in [-0.3, -0.25) is 5.41 Å². The number of nitrogen functional groups attached to an aromatic ring is 1. The smallest absolute Gasteiger partial charge is 0.126 e. The van der Waals surface area contributed by atoms with E-state index in [2.05, 4.69) is 39.7 Å². The number of nitrogens with one attached hydrogen (secondary N) is 2. The summed E-state index contributed by atoms with van der Waals surface area (Å²) in [6.45, 7) is 0. The summed E-state index contributed by atoms with van der Waals surface area (Å²) < 4.78 is 0. The molecule has 150 valence electrons. The van der Waals surface area contributed by atoms with Crippen molar-refractivity contribution in [3.05, 3.63) is 101 Å². The van der Waals surface area contributed by atoms with Gasteiger partial charge in [0.05, 0.1) is 11.8 Å². The van der Waals surface area contributed by atoms with Gasteiger partial charge in [0, 0.05) is 5.56 Å². The predicted molar refractivity (Wildman–Crippen MR) is 118 cm³/mol. The van der Waals surface area contributed by atoms with E-state index < -0.39 is 0 Å². The van der Waals surface area contributed by atoms with Crippen molar-refractivity contribution in [2.75, 3.05) is 0 Å². The van der Waals surface area contributed by atoms with Crippen molar-refractivity contribution in [2.45, 2.75) is 18.8 Å². The maximum absolute atomic E-state index is 10.4. The summed E-state index contributed by atoms with van der Waals surface area (Å²) in [6.07, 6.45) is 3.19. The fourth-order valence-corrected chi connectivity index (χ4v) is 3.86. The first-order valence-electron chi connectivity index (χ1n) is 9.77. The number of hydrogen-bond acceptors (Lipinski definition) is 4. The van der Waals surface area contributed by atoms with Crippen molar-refractivity contribution >= 4 is 5.84 Å². The minimum Gasteiger partial charge on any atom is -0.507 e. The molecule has 0 aliphatic carbocycles. The Labute approximate surface area is 174 Å². The summed E-state index contributed by atoms with van der Waals surface area (Å²) in [7, 11) is 0. The summed E-state index contributed by atoms with van der Waals surface area (Å²) in [4.78, 5) is 0. The summed E-state index contributed by atoms with van der Waals surface area (Å²) in [5, 5.41) is 29.1. The number of aromatic amines is 1. The monoisotopic (exact) mass is 397 g/mol. The van der Waals surface area contributed by atoms with Gasteiger partial charge in [0.1, 0.15) is 17.3 Å². The first-order chi connectivity index (χ1) is 14.6. The molecule has 6 heteroatoms. The molecule has 1 heterocycles. The predicted octanol–water partition coefficient (Wildman–Crippen LogP) is 4.03. The molecule has 0 saturated heterocycles. The lowest BCUT2D eigenvalue weighted by Crippen LogP contribution is -2.18. The van der Waals surface area contributed by atoms with Crippen molar-refractivity contribution < 1.29 is 5.11 Å². The molecule has 4 aromatic rings. The number of benzene rings is 3. The molecule has 30 heavy (non-hydrogen) atoms. The molecule has 3 aromatic carbocycles. The molecule has 0 fully saturated rings. The maximum Gasteiger partial charge on any atom is 0.126 e. The molecular formula is C24H23N5O. The summed E-state index contributed by atoms with van der Waals surface area (Å²) in [5.41, 5.74) is 11.2. The Hall–Kier alpha value is -3.93. The Morgan fingerprint density at radius 1 is 0.967 bits per heavy atom. The molecule has 6 nitrogen and oxygen atoms in total. The number of hydrogen-bond donors (Lipinski definition) is 4. The Balaban J connectivity index is 1.73. The zero-order valence-electron chi connectivity index (χ0n) is 16.4. The number of amidine groups is 1. The van der Waals surface area contributed by atoms with Gasteiger partial charge in [0.25, 0.3) is 0 Å². The maximum atomic E-state index is 10.4. The van der Waals surface area contributed by atoms with Crippen molar-refractivity contribution in [1.82, 2.24) is 15.4 Å². The Kier molecular flexibility index (Phi) is 5.57. The molecule has 0 aliphatic rings. The van der Waals surface area contributed by atoms with Crippen LogP contribution in [0.25, 0.3) is 11.3 Å². The highest BCUT2D eigenvalue weighted by Gasteiger charge is 2.21. The number of phenolic OH excluding ortho intramolecular Hbond substituents is 1. The highest BCUT2D eigenvalue weighted by atomic mass is 16.3. The molecule has 0 bridgehead atoms. The quantitative estimate of drug-likeness (QED) is 0.279. The molecule has 0 aliphatic heterocycles. The third kappa shape index (κ3) is 4.22. The second-order valence-corrected chi connectivity index (χ2v) is 7.30. The van der Waals surface area contributed by atoms with Gasteiger partial charge in [-0.25, -0.2) is 0 Å². The summed E-state index contributed by atoms with van der Waals surface area (Å²) in [6, 6.07) is 23.7. The van der Waals surface area contributed by atoms with Crippen molar-refractivity contribution in [1.29, 1.82) is 5.41 Å². The lowest BCUT2D eigenvalue weighted by atomic mass is 9.83. The number of nitrogens with zero attached hydrogens (tertiary/aromatic N) is 2. The van der Waals surface area contributed by atoms with E-state index >= 15 is 0 Å². The van der Waals surface area contributed by atoms with E-state index in [4.69, 9.17) is 11.1 Å². The normalized spacial score (nSPS) is 11.9. The van der Waals surface area contributed by atoms with Crippen LogP contribution < -0.4 is 5.73 Å². The molecule has 0 radical (unpaired) electrons. The van der Waals surface area contributed by atoms with E-state index in [-0.39, 0.29) is 17.5 Å². The first kappa shape index (κ1) is 19.4. The van der Waals surface area contributed by atoms with Gasteiger partial charge in [-0.05, 0) is 47.6 Å².